The Hall–Kier alpha value is -3.32. The molecule has 0 spiro atoms. The molecule has 1 amide bonds. The number of hydrogen-bond donors (Lipinski definition) is 0. The molecule has 0 N–H and O–H groups in total. The van der Waals surface area contributed by atoms with Crippen molar-refractivity contribution < 1.29 is 22.7 Å². The summed E-state index contributed by atoms with van der Waals surface area (Å²) in [5.41, 5.74) is 1.88. The van der Waals surface area contributed by atoms with Crippen LogP contribution in [0.15, 0.2) is 77.7 Å². The standard InChI is InChI=1S/C23H23NO5S/c1-17-9-7-14-22(18(17)2)24(30(26,27)21-12-5-4-6-13-21)23(25)16-29-20-11-8-10-19(15-20)28-3/h4-15H,16H2,1-3H3. The van der Waals surface area contributed by atoms with Crippen LogP contribution in [0.3, 0.4) is 0 Å². The van der Waals surface area contributed by atoms with Crippen LogP contribution in [0.5, 0.6) is 11.5 Å². The third kappa shape index (κ3) is 4.46. The minimum atomic E-state index is -4.13. The number of methoxy groups -OCH3 is 1. The Balaban J connectivity index is 1.99. The second-order valence-electron chi connectivity index (χ2n) is 6.66. The fourth-order valence-corrected chi connectivity index (χ4v) is 4.44. The predicted octanol–water partition coefficient (Wildman–Crippen LogP) is 4.11. The lowest BCUT2D eigenvalue weighted by Crippen LogP contribution is -2.40. The smallest absolute Gasteiger partial charge is 0.278 e. The summed E-state index contributed by atoms with van der Waals surface area (Å²) in [6.07, 6.45) is 0. The second kappa shape index (κ2) is 9.00. The highest BCUT2D eigenvalue weighted by Crippen LogP contribution is 2.29. The van der Waals surface area contributed by atoms with Crippen molar-refractivity contribution in [3.05, 3.63) is 83.9 Å². The van der Waals surface area contributed by atoms with Crippen LogP contribution in [-0.4, -0.2) is 28.0 Å². The number of amides is 1. The van der Waals surface area contributed by atoms with Crippen molar-refractivity contribution in [1.82, 2.24) is 0 Å². The van der Waals surface area contributed by atoms with Gasteiger partial charge in [-0.3, -0.25) is 4.79 Å². The first-order valence-corrected chi connectivity index (χ1v) is 10.7. The number of rotatable bonds is 7. The third-order valence-electron chi connectivity index (χ3n) is 4.71. The lowest BCUT2D eigenvalue weighted by atomic mass is 10.1. The summed E-state index contributed by atoms with van der Waals surface area (Å²) >= 11 is 0. The predicted molar refractivity (Wildman–Crippen MR) is 116 cm³/mol. The topological polar surface area (TPSA) is 72.9 Å². The van der Waals surface area contributed by atoms with E-state index in [2.05, 4.69) is 0 Å². The summed E-state index contributed by atoms with van der Waals surface area (Å²) < 4.78 is 38.3. The largest absolute Gasteiger partial charge is 0.497 e. The van der Waals surface area contributed by atoms with Crippen molar-refractivity contribution in [3.8, 4) is 11.5 Å². The zero-order chi connectivity index (χ0) is 21.7. The van der Waals surface area contributed by atoms with Gasteiger partial charge in [0.05, 0.1) is 17.7 Å². The Labute approximate surface area is 176 Å². The summed E-state index contributed by atoms with van der Waals surface area (Å²) in [5, 5.41) is 0. The number of benzene rings is 3. The number of carbonyl (C=O) groups excluding carboxylic acids is 1. The number of aryl methyl sites for hydroxylation is 1. The Morgan fingerprint density at radius 2 is 1.57 bits per heavy atom. The van der Waals surface area contributed by atoms with E-state index in [0.29, 0.717) is 22.7 Å². The van der Waals surface area contributed by atoms with Crippen LogP contribution in [0.4, 0.5) is 5.69 Å². The second-order valence-corrected chi connectivity index (χ2v) is 8.45. The molecule has 7 heteroatoms. The van der Waals surface area contributed by atoms with Crippen molar-refractivity contribution in [1.29, 1.82) is 0 Å². The number of hydrogen-bond acceptors (Lipinski definition) is 5. The molecule has 3 aromatic carbocycles. The van der Waals surface area contributed by atoms with Crippen LogP contribution in [0.2, 0.25) is 0 Å². The van der Waals surface area contributed by atoms with Gasteiger partial charge in [-0.05, 0) is 55.3 Å². The maximum absolute atomic E-state index is 13.4. The van der Waals surface area contributed by atoms with Gasteiger partial charge in [0.2, 0.25) is 0 Å². The molecule has 3 rings (SSSR count). The Morgan fingerprint density at radius 3 is 2.27 bits per heavy atom. The highest BCUT2D eigenvalue weighted by atomic mass is 32.2. The minimum Gasteiger partial charge on any atom is -0.497 e. The molecule has 0 aromatic heterocycles. The zero-order valence-electron chi connectivity index (χ0n) is 17.0. The highest BCUT2D eigenvalue weighted by molar-refractivity contribution is 7.93. The fourth-order valence-electron chi connectivity index (χ4n) is 2.95. The van der Waals surface area contributed by atoms with Crippen LogP contribution in [0.25, 0.3) is 0 Å². The van der Waals surface area contributed by atoms with Gasteiger partial charge in [-0.2, -0.15) is 4.31 Å². The quantitative estimate of drug-likeness (QED) is 0.570. The van der Waals surface area contributed by atoms with Crippen molar-refractivity contribution in [3.63, 3.8) is 0 Å². The summed E-state index contributed by atoms with van der Waals surface area (Å²) in [5.74, 6) is 0.277. The van der Waals surface area contributed by atoms with E-state index < -0.39 is 22.5 Å². The van der Waals surface area contributed by atoms with Gasteiger partial charge in [0.25, 0.3) is 15.9 Å². The molecule has 6 nitrogen and oxygen atoms in total. The van der Waals surface area contributed by atoms with E-state index in [1.54, 1.807) is 61.5 Å². The average Bonchev–Trinajstić information content (AvgIpc) is 2.76. The van der Waals surface area contributed by atoms with Crippen molar-refractivity contribution in [2.24, 2.45) is 0 Å². The fraction of sp³-hybridized carbons (Fsp3) is 0.174. The van der Waals surface area contributed by atoms with E-state index >= 15 is 0 Å². The van der Waals surface area contributed by atoms with Crippen LogP contribution in [0.1, 0.15) is 11.1 Å². The van der Waals surface area contributed by atoms with Crippen molar-refractivity contribution in [2.45, 2.75) is 18.7 Å². The number of ether oxygens (including phenoxy) is 2. The van der Waals surface area contributed by atoms with Crippen LogP contribution in [0, 0.1) is 13.8 Å². The molecular formula is C23H23NO5S. The van der Waals surface area contributed by atoms with Gasteiger partial charge in [0.15, 0.2) is 6.61 Å². The molecule has 0 unspecified atom stereocenters. The van der Waals surface area contributed by atoms with Crippen molar-refractivity contribution in [2.75, 3.05) is 18.0 Å². The maximum Gasteiger partial charge on any atom is 0.278 e. The molecule has 0 radical (unpaired) electrons. The van der Waals surface area contributed by atoms with Gasteiger partial charge >= 0.3 is 0 Å². The first-order chi connectivity index (χ1) is 14.3. The first-order valence-electron chi connectivity index (χ1n) is 9.31. The number of sulfonamides is 1. The molecule has 0 saturated heterocycles. The summed E-state index contributed by atoms with van der Waals surface area (Å²) in [6.45, 7) is 3.20. The van der Waals surface area contributed by atoms with E-state index in [0.717, 1.165) is 9.87 Å². The summed E-state index contributed by atoms with van der Waals surface area (Å²) in [4.78, 5) is 13.2. The molecule has 0 heterocycles. The van der Waals surface area contributed by atoms with Gasteiger partial charge in [-0.15, -0.1) is 0 Å². The molecule has 156 valence electrons. The molecular weight excluding hydrogens is 402 g/mol. The first kappa shape index (κ1) is 21.4. The Morgan fingerprint density at radius 1 is 0.900 bits per heavy atom. The van der Waals surface area contributed by atoms with E-state index in [9.17, 15) is 13.2 Å². The molecule has 0 aliphatic rings. The molecule has 3 aromatic rings. The Bertz CT molecular complexity index is 1140. The van der Waals surface area contributed by atoms with E-state index in [1.807, 2.05) is 13.0 Å². The van der Waals surface area contributed by atoms with Crippen LogP contribution < -0.4 is 13.8 Å². The lowest BCUT2D eigenvalue weighted by Gasteiger charge is -2.25. The molecule has 0 fully saturated rings. The van der Waals surface area contributed by atoms with E-state index in [-0.39, 0.29) is 4.90 Å². The molecule has 0 bridgehead atoms. The van der Waals surface area contributed by atoms with Gasteiger partial charge in [-0.25, -0.2) is 8.42 Å². The molecule has 0 atom stereocenters. The Kier molecular flexibility index (Phi) is 6.42. The number of nitrogens with zero attached hydrogens (tertiary/aromatic N) is 1. The van der Waals surface area contributed by atoms with E-state index in [4.69, 9.17) is 9.47 Å². The van der Waals surface area contributed by atoms with Gasteiger partial charge in [-0.1, -0.05) is 36.4 Å². The lowest BCUT2D eigenvalue weighted by molar-refractivity contribution is -0.119. The highest BCUT2D eigenvalue weighted by Gasteiger charge is 2.32. The molecule has 30 heavy (non-hydrogen) atoms. The molecule has 0 aliphatic carbocycles. The van der Waals surface area contributed by atoms with Gasteiger partial charge < -0.3 is 9.47 Å². The van der Waals surface area contributed by atoms with E-state index in [1.165, 1.54) is 19.2 Å². The molecule has 0 aliphatic heterocycles. The SMILES string of the molecule is COc1cccc(OCC(=O)N(c2cccc(C)c2C)S(=O)(=O)c2ccccc2)c1. The summed E-state index contributed by atoms with van der Waals surface area (Å²) in [7, 11) is -2.60. The van der Waals surface area contributed by atoms with Gasteiger partial charge in [0.1, 0.15) is 11.5 Å². The third-order valence-corrected chi connectivity index (χ3v) is 6.46. The average molecular weight is 426 g/mol. The van der Waals surface area contributed by atoms with Crippen LogP contribution >= 0.6 is 0 Å². The minimum absolute atomic E-state index is 0.0284. The van der Waals surface area contributed by atoms with Crippen LogP contribution in [-0.2, 0) is 14.8 Å². The number of anilines is 1. The maximum atomic E-state index is 13.4. The normalized spacial score (nSPS) is 11.0. The monoisotopic (exact) mass is 425 g/mol. The van der Waals surface area contributed by atoms with Crippen molar-refractivity contribution >= 4 is 21.6 Å². The summed E-state index contributed by atoms with van der Waals surface area (Å²) in [6, 6.07) is 19.8. The van der Waals surface area contributed by atoms with Gasteiger partial charge in [0, 0.05) is 6.07 Å². The number of carbonyl (C=O) groups is 1. The molecule has 0 saturated carbocycles. The zero-order valence-corrected chi connectivity index (χ0v) is 17.8.